The van der Waals surface area contributed by atoms with E-state index >= 15 is 0 Å². The summed E-state index contributed by atoms with van der Waals surface area (Å²) in [5.74, 6) is 0.659. The van der Waals surface area contributed by atoms with Gasteiger partial charge in [0.25, 0.3) is 0 Å². The average Bonchev–Trinajstić information content (AvgIpc) is 2.60. The number of nitrogens with zero attached hydrogens (tertiary/aromatic N) is 2. The molecule has 1 rings (SSSR count). The van der Waals surface area contributed by atoms with E-state index in [2.05, 4.69) is 31.2 Å². The minimum absolute atomic E-state index is 0.486. The minimum atomic E-state index is 0.486. The van der Waals surface area contributed by atoms with Crippen molar-refractivity contribution >= 4 is 11.6 Å². The van der Waals surface area contributed by atoms with Crippen LogP contribution < -0.4 is 5.32 Å². The number of halogens is 1. The third kappa shape index (κ3) is 4.50. The van der Waals surface area contributed by atoms with Crippen LogP contribution in [0.2, 0.25) is 5.15 Å². The number of aromatic nitrogens is 2. The second-order valence-corrected chi connectivity index (χ2v) is 5.87. The first-order valence-electron chi connectivity index (χ1n) is 7.42. The van der Waals surface area contributed by atoms with Crippen LogP contribution in [0, 0.1) is 12.8 Å². The van der Waals surface area contributed by atoms with Crippen LogP contribution in [-0.4, -0.2) is 22.4 Å². The van der Waals surface area contributed by atoms with Gasteiger partial charge < -0.3 is 5.32 Å². The van der Waals surface area contributed by atoms with E-state index in [9.17, 15) is 0 Å². The molecule has 0 aliphatic heterocycles. The van der Waals surface area contributed by atoms with Gasteiger partial charge in [0.2, 0.25) is 0 Å². The first-order chi connectivity index (χ1) is 9.01. The topological polar surface area (TPSA) is 29.9 Å². The second kappa shape index (κ2) is 7.91. The summed E-state index contributed by atoms with van der Waals surface area (Å²) in [6, 6.07) is 0.486. The maximum Gasteiger partial charge on any atom is 0.130 e. The largest absolute Gasteiger partial charge is 0.313 e. The highest BCUT2D eigenvalue weighted by Gasteiger charge is 2.21. The van der Waals surface area contributed by atoms with Gasteiger partial charge in [0.15, 0.2) is 0 Å². The molecule has 0 bridgehead atoms. The summed E-state index contributed by atoms with van der Waals surface area (Å²) in [7, 11) is 1.91. The molecule has 0 radical (unpaired) electrons. The Morgan fingerprint density at radius 1 is 1.32 bits per heavy atom. The number of hydrogen-bond donors (Lipinski definition) is 1. The molecule has 110 valence electrons. The van der Waals surface area contributed by atoms with E-state index < -0.39 is 0 Å². The molecule has 0 amide bonds. The fourth-order valence-corrected chi connectivity index (χ4v) is 2.84. The SMILES string of the molecule is CCCNC(Cc1c(C)nn(C)c1Cl)C(C)CCC. The van der Waals surface area contributed by atoms with Crippen molar-refractivity contribution in [3.63, 3.8) is 0 Å². The molecule has 1 N–H and O–H groups in total. The van der Waals surface area contributed by atoms with Gasteiger partial charge in [0.05, 0.1) is 5.69 Å². The molecule has 1 aromatic heterocycles. The molecule has 0 spiro atoms. The Bertz CT molecular complexity index is 387. The molecule has 1 aromatic rings. The molecule has 0 saturated carbocycles. The molecule has 3 nitrogen and oxygen atoms in total. The third-order valence-electron chi connectivity index (χ3n) is 3.78. The molecule has 2 atom stereocenters. The third-order valence-corrected chi connectivity index (χ3v) is 4.25. The molecule has 2 unspecified atom stereocenters. The zero-order chi connectivity index (χ0) is 14.4. The fraction of sp³-hybridized carbons (Fsp3) is 0.800. The van der Waals surface area contributed by atoms with Gasteiger partial charge in [0, 0.05) is 18.7 Å². The van der Waals surface area contributed by atoms with E-state index in [1.807, 2.05) is 14.0 Å². The van der Waals surface area contributed by atoms with Crippen molar-refractivity contribution in [2.45, 2.75) is 59.4 Å². The van der Waals surface area contributed by atoms with Gasteiger partial charge in [-0.1, -0.05) is 38.8 Å². The fourth-order valence-electron chi connectivity index (χ4n) is 2.59. The molecule has 1 heterocycles. The van der Waals surface area contributed by atoms with E-state index in [-0.39, 0.29) is 0 Å². The first kappa shape index (κ1) is 16.5. The van der Waals surface area contributed by atoms with Crippen LogP contribution in [0.4, 0.5) is 0 Å². The highest BCUT2D eigenvalue weighted by molar-refractivity contribution is 6.30. The Labute approximate surface area is 122 Å². The van der Waals surface area contributed by atoms with Crippen molar-refractivity contribution in [1.82, 2.24) is 15.1 Å². The Hall–Kier alpha value is -0.540. The molecule has 0 saturated heterocycles. The first-order valence-corrected chi connectivity index (χ1v) is 7.80. The lowest BCUT2D eigenvalue weighted by molar-refractivity contribution is 0.352. The lowest BCUT2D eigenvalue weighted by Gasteiger charge is -2.25. The molecule has 0 aromatic carbocycles. The standard InChI is InChI=1S/C15H28ClN3/c1-6-8-11(3)14(17-9-7-2)10-13-12(4)18-19(5)15(13)16/h11,14,17H,6-10H2,1-5H3. The molecule has 0 aliphatic rings. The van der Waals surface area contributed by atoms with Gasteiger partial charge in [-0.2, -0.15) is 5.10 Å². The summed E-state index contributed by atoms with van der Waals surface area (Å²) >= 11 is 6.35. The van der Waals surface area contributed by atoms with E-state index in [0.29, 0.717) is 12.0 Å². The van der Waals surface area contributed by atoms with Gasteiger partial charge in [-0.25, -0.2) is 0 Å². The van der Waals surface area contributed by atoms with Crippen molar-refractivity contribution in [2.75, 3.05) is 6.54 Å². The average molecular weight is 286 g/mol. The zero-order valence-electron chi connectivity index (χ0n) is 13.0. The molecular weight excluding hydrogens is 258 g/mol. The van der Waals surface area contributed by atoms with Crippen LogP contribution in [0.3, 0.4) is 0 Å². The van der Waals surface area contributed by atoms with Crippen molar-refractivity contribution in [1.29, 1.82) is 0 Å². The summed E-state index contributed by atoms with van der Waals surface area (Å²) in [5, 5.41) is 8.86. The normalized spacial score (nSPS) is 14.6. The van der Waals surface area contributed by atoms with Crippen molar-refractivity contribution in [2.24, 2.45) is 13.0 Å². The van der Waals surface area contributed by atoms with E-state index in [1.54, 1.807) is 4.68 Å². The Morgan fingerprint density at radius 3 is 2.47 bits per heavy atom. The monoisotopic (exact) mass is 285 g/mol. The highest BCUT2D eigenvalue weighted by Crippen LogP contribution is 2.23. The van der Waals surface area contributed by atoms with Gasteiger partial charge in [0.1, 0.15) is 5.15 Å². The maximum atomic E-state index is 6.35. The summed E-state index contributed by atoms with van der Waals surface area (Å²) in [6.07, 6.45) is 4.61. The predicted octanol–water partition coefficient (Wildman–Crippen LogP) is 3.73. The quantitative estimate of drug-likeness (QED) is 0.789. The van der Waals surface area contributed by atoms with Gasteiger partial charge >= 0.3 is 0 Å². The van der Waals surface area contributed by atoms with Crippen LogP contribution in [0.15, 0.2) is 0 Å². The highest BCUT2D eigenvalue weighted by atomic mass is 35.5. The van der Waals surface area contributed by atoms with Gasteiger partial charge in [-0.3, -0.25) is 4.68 Å². The lowest BCUT2D eigenvalue weighted by atomic mass is 9.91. The molecule has 0 fully saturated rings. The minimum Gasteiger partial charge on any atom is -0.313 e. The predicted molar refractivity (Wildman–Crippen MR) is 82.8 cm³/mol. The van der Waals surface area contributed by atoms with Crippen LogP contribution in [-0.2, 0) is 13.5 Å². The number of nitrogens with one attached hydrogen (secondary N) is 1. The van der Waals surface area contributed by atoms with E-state index in [0.717, 1.165) is 30.2 Å². The van der Waals surface area contributed by atoms with Crippen LogP contribution >= 0.6 is 11.6 Å². The van der Waals surface area contributed by atoms with Crippen molar-refractivity contribution in [3.05, 3.63) is 16.4 Å². The van der Waals surface area contributed by atoms with Gasteiger partial charge in [-0.05, 0) is 38.6 Å². The molecule has 0 aliphatic carbocycles. The van der Waals surface area contributed by atoms with E-state index in [4.69, 9.17) is 11.6 Å². The van der Waals surface area contributed by atoms with Crippen molar-refractivity contribution in [3.8, 4) is 0 Å². The second-order valence-electron chi connectivity index (χ2n) is 5.51. The molecule has 4 heteroatoms. The Balaban J connectivity index is 2.80. The zero-order valence-corrected chi connectivity index (χ0v) is 13.7. The summed E-state index contributed by atoms with van der Waals surface area (Å²) in [6.45, 7) is 9.89. The number of aryl methyl sites for hydroxylation is 2. The van der Waals surface area contributed by atoms with E-state index in [1.165, 1.54) is 18.4 Å². The number of rotatable bonds is 8. The van der Waals surface area contributed by atoms with Crippen molar-refractivity contribution < 1.29 is 0 Å². The Kier molecular flexibility index (Phi) is 6.87. The summed E-state index contributed by atoms with van der Waals surface area (Å²) < 4.78 is 1.77. The van der Waals surface area contributed by atoms with Gasteiger partial charge in [-0.15, -0.1) is 0 Å². The van der Waals surface area contributed by atoms with Crippen LogP contribution in [0.25, 0.3) is 0 Å². The molecule has 19 heavy (non-hydrogen) atoms. The van der Waals surface area contributed by atoms with Crippen LogP contribution in [0.5, 0.6) is 0 Å². The summed E-state index contributed by atoms with van der Waals surface area (Å²) in [5.41, 5.74) is 2.25. The lowest BCUT2D eigenvalue weighted by Crippen LogP contribution is -2.37. The maximum absolute atomic E-state index is 6.35. The number of hydrogen-bond acceptors (Lipinski definition) is 2. The Morgan fingerprint density at radius 2 is 2.00 bits per heavy atom. The summed E-state index contributed by atoms with van der Waals surface area (Å²) in [4.78, 5) is 0. The molecular formula is C15H28ClN3. The van der Waals surface area contributed by atoms with Crippen LogP contribution in [0.1, 0.15) is 51.3 Å². The smallest absolute Gasteiger partial charge is 0.130 e.